The maximum Gasteiger partial charge on any atom is 0.149 e. The van der Waals surface area contributed by atoms with Crippen LogP contribution < -0.4 is 11.1 Å². The van der Waals surface area contributed by atoms with Crippen molar-refractivity contribution in [1.82, 2.24) is 4.98 Å². The van der Waals surface area contributed by atoms with Crippen molar-refractivity contribution >= 4 is 56.3 Å². The molecular weight excluding hydrogens is 344 g/mol. The third-order valence-electron chi connectivity index (χ3n) is 2.11. The van der Waals surface area contributed by atoms with Crippen LogP contribution >= 0.6 is 39.1 Å². The summed E-state index contributed by atoms with van der Waals surface area (Å²) < 4.78 is 13.6. The van der Waals surface area contributed by atoms with Crippen molar-refractivity contribution in [2.24, 2.45) is 0 Å². The summed E-state index contributed by atoms with van der Waals surface area (Å²) in [6.07, 6.45) is 1.46. The van der Waals surface area contributed by atoms with Gasteiger partial charge in [-0.1, -0.05) is 23.2 Å². The quantitative estimate of drug-likeness (QED) is 0.831. The summed E-state index contributed by atoms with van der Waals surface area (Å²) in [5.74, 6) is -0.0473. The van der Waals surface area contributed by atoms with Crippen LogP contribution in [0.25, 0.3) is 0 Å². The Hall–Kier alpha value is -1.04. The van der Waals surface area contributed by atoms with Gasteiger partial charge in [-0.3, -0.25) is 0 Å². The van der Waals surface area contributed by atoms with E-state index in [1.807, 2.05) is 0 Å². The minimum Gasteiger partial charge on any atom is -0.397 e. The smallest absolute Gasteiger partial charge is 0.149 e. The highest BCUT2D eigenvalue weighted by Crippen LogP contribution is 2.35. The van der Waals surface area contributed by atoms with Gasteiger partial charge in [-0.15, -0.1) is 0 Å². The van der Waals surface area contributed by atoms with Crippen LogP contribution in [0.2, 0.25) is 10.0 Å². The molecule has 0 bridgehead atoms. The number of hydrogen-bond donors (Lipinski definition) is 2. The van der Waals surface area contributed by atoms with Crippen LogP contribution in [0.5, 0.6) is 0 Å². The van der Waals surface area contributed by atoms with Gasteiger partial charge in [0.25, 0.3) is 0 Å². The lowest BCUT2D eigenvalue weighted by Crippen LogP contribution is -1.98. The first-order chi connectivity index (χ1) is 8.47. The third kappa shape index (κ3) is 2.85. The van der Waals surface area contributed by atoms with Gasteiger partial charge in [0.2, 0.25) is 0 Å². The average molecular weight is 351 g/mol. The van der Waals surface area contributed by atoms with Gasteiger partial charge in [-0.25, -0.2) is 9.37 Å². The molecule has 0 saturated carbocycles. The summed E-state index contributed by atoms with van der Waals surface area (Å²) in [6, 6.07) is 4.04. The second-order valence-corrected chi connectivity index (χ2v) is 5.14. The van der Waals surface area contributed by atoms with Crippen LogP contribution in [-0.2, 0) is 0 Å². The fourth-order valence-electron chi connectivity index (χ4n) is 1.32. The minimum absolute atomic E-state index is 0.219. The Balaban J connectivity index is 2.40. The lowest BCUT2D eigenvalue weighted by Gasteiger charge is -2.11. The van der Waals surface area contributed by atoms with Crippen LogP contribution in [0.15, 0.2) is 28.9 Å². The molecule has 0 aliphatic heterocycles. The molecule has 2 rings (SSSR count). The summed E-state index contributed by atoms with van der Waals surface area (Å²) in [7, 11) is 0. The first kappa shape index (κ1) is 13.4. The second kappa shape index (κ2) is 5.30. The Morgan fingerprint density at radius 3 is 2.56 bits per heavy atom. The van der Waals surface area contributed by atoms with Crippen molar-refractivity contribution in [1.29, 1.82) is 0 Å². The molecule has 18 heavy (non-hydrogen) atoms. The van der Waals surface area contributed by atoms with Crippen molar-refractivity contribution in [2.45, 2.75) is 0 Å². The summed E-state index contributed by atoms with van der Waals surface area (Å²) in [5, 5.41) is 3.49. The Labute approximate surface area is 121 Å². The molecule has 0 spiro atoms. The predicted molar refractivity (Wildman–Crippen MR) is 76.1 cm³/mol. The SMILES string of the molecule is Nc1cnc(Nc2c(Cl)cc(F)cc2Br)c(Cl)c1. The molecule has 1 aromatic heterocycles. The van der Waals surface area contributed by atoms with E-state index in [4.69, 9.17) is 28.9 Å². The second-order valence-electron chi connectivity index (χ2n) is 3.47. The van der Waals surface area contributed by atoms with E-state index >= 15 is 0 Å². The molecule has 0 radical (unpaired) electrons. The van der Waals surface area contributed by atoms with Crippen LogP contribution in [0.1, 0.15) is 0 Å². The van der Waals surface area contributed by atoms with E-state index in [0.29, 0.717) is 26.7 Å². The number of halogens is 4. The molecule has 0 aliphatic rings. The van der Waals surface area contributed by atoms with E-state index < -0.39 is 5.82 Å². The van der Waals surface area contributed by atoms with Gasteiger partial charge in [-0.2, -0.15) is 0 Å². The zero-order chi connectivity index (χ0) is 13.3. The molecule has 0 aliphatic carbocycles. The first-order valence-corrected chi connectivity index (χ1v) is 6.35. The molecule has 0 amide bonds. The maximum atomic E-state index is 13.1. The topological polar surface area (TPSA) is 50.9 Å². The van der Waals surface area contributed by atoms with Gasteiger partial charge in [0.1, 0.15) is 11.6 Å². The van der Waals surface area contributed by atoms with E-state index in [1.165, 1.54) is 18.3 Å². The standard InChI is InChI=1S/C11H7BrCl2FN3/c12-7-1-5(15)2-8(13)10(7)18-11-9(14)3-6(16)4-17-11/h1-4H,16H2,(H,17,18). The monoisotopic (exact) mass is 349 g/mol. The number of nitrogens with one attached hydrogen (secondary N) is 1. The third-order valence-corrected chi connectivity index (χ3v) is 3.32. The van der Waals surface area contributed by atoms with E-state index in [2.05, 4.69) is 26.2 Å². The average Bonchev–Trinajstić information content (AvgIpc) is 2.25. The van der Waals surface area contributed by atoms with Gasteiger partial charge in [-0.05, 0) is 34.1 Å². The Bertz CT molecular complexity index is 584. The van der Waals surface area contributed by atoms with Crippen molar-refractivity contribution in [3.8, 4) is 0 Å². The largest absolute Gasteiger partial charge is 0.397 e. The van der Waals surface area contributed by atoms with E-state index in [-0.39, 0.29) is 5.02 Å². The number of rotatable bonds is 2. The zero-order valence-corrected chi connectivity index (χ0v) is 11.9. The van der Waals surface area contributed by atoms with E-state index in [1.54, 1.807) is 6.07 Å². The molecule has 2 aromatic rings. The van der Waals surface area contributed by atoms with Gasteiger partial charge in [0.05, 0.1) is 27.6 Å². The summed E-state index contributed by atoms with van der Waals surface area (Å²) >= 11 is 15.1. The summed E-state index contributed by atoms with van der Waals surface area (Å²) in [6.45, 7) is 0. The summed E-state index contributed by atoms with van der Waals surface area (Å²) in [5.41, 5.74) is 6.48. The van der Waals surface area contributed by atoms with Crippen LogP contribution in [-0.4, -0.2) is 4.98 Å². The number of nitrogens with two attached hydrogens (primary N) is 1. The van der Waals surface area contributed by atoms with Crippen LogP contribution in [0.3, 0.4) is 0 Å². The number of anilines is 3. The fourth-order valence-corrected chi connectivity index (χ4v) is 2.45. The number of nitrogens with zero attached hydrogens (tertiary/aromatic N) is 1. The van der Waals surface area contributed by atoms with Crippen LogP contribution in [0, 0.1) is 5.82 Å². The molecule has 7 heteroatoms. The van der Waals surface area contributed by atoms with Crippen molar-refractivity contribution in [2.75, 3.05) is 11.1 Å². The Morgan fingerprint density at radius 1 is 1.22 bits per heavy atom. The lowest BCUT2D eigenvalue weighted by atomic mass is 10.3. The number of hydrogen-bond acceptors (Lipinski definition) is 3. The molecule has 3 nitrogen and oxygen atoms in total. The maximum absolute atomic E-state index is 13.1. The normalized spacial score (nSPS) is 10.4. The molecule has 0 fully saturated rings. The number of nitrogen functional groups attached to an aromatic ring is 1. The molecule has 1 heterocycles. The van der Waals surface area contributed by atoms with Gasteiger partial charge < -0.3 is 11.1 Å². The Morgan fingerprint density at radius 2 is 1.94 bits per heavy atom. The van der Waals surface area contributed by atoms with Crippen molar-refractivity contribution in [3.05, 3.63) is 44.7 Å². The molecule has 94 valence electrons. The van der Waals surface area contributed by atoms with E-state index in [0.717, 1.165) is 0 Å². The lowest BCUT2D eigenvalue weighted by molar-refractivity contribution is 0.627. The highest BCUT2D eigenvalue weighted by atomic mass is 79.9. The van der Waals surface area contributed by atoms with E-state index in [9.17, 15) is 4.39 Å². The Kier molecular flexibility index (Phi) is 3.94. The molecule has 0 atom stereocenters. The first-order valence-electron chi connectivity index (χ1n) is 4.80. The molecular formula is C11H7BrCl2FN3. The van der Waals surface area contributed by atoms with Crippen molar-refractivity contribution in [3.63, 3.8) is 0 Å². The minimum atomic E-state index is -0.436. The van der Waals surface area contributed by atoms with Crippen molar-refractivity contribution < 1.29 is 4.39 Å². The fraction of sp³-hybridized carbons (Fsp3) is 0. The molecule has 1 aromatic carbocycles. The molecule has 0 unspecified atom stereocenters. The highest BCUT2D eigenvalue weighted by molar-refractivity contribution is 9.10. The number of aromatic nitrogens is 1. The summed E-state index contributed by atoms with van der Waals surface area (Å²) in [4.78, 5) is 4.04. The zero-order valence-electron chi connectivity index (χ0n) is 8.85. The molecule has 0 saturated heterocycles. The van der Waals surface area contributed by atoms with Crippen LogP contribution in [0.4, 0.5) is 21.6 Å². The van der Waals surface area contributed by atoms with Gasteiger partial charge >= 0.3 is 0 Å². The molecule has 3 N–H and O–H groups in total. The highest BCUT2D eigenvalue weighted by Gasteiger charge is 2.11. The number of pyridine rings is 1. The van der Waals surface area contributed by atoms with Gasteiger partial charge in [0.15, 0.2) is 0 Å². The van der Waals surface area contributed by atoms with Gasteiger partial charge in [0, 0.05) is 4.47 Å². The predicted octanol–water partition coefficient (Wildman–Crippen LogP) is 4.62. The number of benzene rings is 1.